The van der Waals surface area contributed by atoms with Gasteiger partial charge in [0.2, 0.25) is 0 Å². The molecule has 148 valence electrons. The summed E-state index contributed by atoms with van der Waals surface area (Å²) in [6.07, 6.45) is 3.87. The van der Waals surface area contributed by atoms with Crippen molar-refractivity contribution < 1.29 is 23.5 Å². The van der Waals surface area contributed by atoms with Gasteiger partial charge in [-0.1, -0.05) is 0 Å². The molecule has 2 saturated carbocycles. The van der Waals surface area contributed by atoms with Gasteiger partial charge in [-0.25, -0.2) is 4.79 Å². The van der Waals surface area contributed by atoms with Crippen molar-refractivity contribution in [2.75, 3.05) is 0 Å². The first-order valence-corrected chi connectivity index (χ1v) is 10.0. The number of fused-ring (bicyclic) bond motifs is 1. The minimum absolute atomic E-state index is 0.0648. The Balaban J connectivity index is 1.32. The van der Waals surface area contributed by atoms with Gasteiger partial charge in [-0.15, -0.1) is 0 Å². The SMILES string of the molecule is CC(C)(C)OC(=O)N1[C@@H]2CC[C@H]3C[C@H](Oc4ccc5ccc(=[OH+])oc5c4)CC321. The number of benzene rings is 1. The fourth-order valence-electron chi connectivity index (χ4n) is 5.37. The van der Waals surface area contributed by atoms with Crippen LogP contribution in [-0.4, -0.2) is 39.1 Å². The lowest BCUT2D eigenvalue weighted by Crippen LogP contribution is -2.33. The van der Waals surface area contributed by atoms with Crippen molar-refractivity contribution in [1.29, 1.82) is 0 Å². The zero-order valence-corrected chi connectivity index (χ0v) is 16.5. The van der Waals surface area contributed by atoms with E-state index in [4.69, 9.17) is 13.9 Å². The van der Waals surface area contributed by atoms with Gasteiger partial charge in [0.15, 0.2) is 0 Å². The third kappa shape index (κ3) is 2.69. The Labute approximate surface area is 163 Å². The summed E-state index contributed by atoms with van der Waals surface area (Å²) in [4.78, 5) is 24.2. The van der Waals surface area contributed by atoms with Crippen LogP contribution in [-0.2, 0) is 4.74 Å². The summed E-state index contributed by atoms with van der Waals surface area (Å²) in [6.45, 7) is 5.72. The van der Waals surface area contributed by atoms with Crippen molar-refractivity contribution in [3.8, 4) is 5.75 Å². The first kappa shape index (κ1) is 17.6. The van der Waals surface area contributed by atoms with Gasteiger partial charge < -0.3 is 14.3 Å². The highest BCUT2D eigenvalue weighted by Crippen LogP contribution is 2.64. The molecule has 4 atom stereocenters. The zero-order valence-electron chi connectivity index (χ0n) is 16.5. The number of hydrogen-bond donors (Lipinski definition) is 0. The maximum absolute atomic E-state index is 12.6. The van der Waals surface area contributed by atoms with Crippen LogP contribution in [0.5, 0.6) is 5.75 Å². The van der Waals surface area contributed by atoms with Gasteiger partial charge in [0.1, 0.15) is 17.5 Å². The number of nitrogens with zero attached hydrogens (tertiary/aromatic N) is 1. The van der Waals surface area contributed by atoms with Crippen LogP contribution in [0.4, 0.5) is 4.79 Å². The molecule has 2 aromatic rings. The molecule has 6 nitrogen and oxygen atoms in total. The van der Waals surface area contributed by atoms with Crippen molar-refractivity contribution >= 4 is 17.1 Å². The fourth-order valence-corrected chi connectivity index (χ4v) is 5.37. The molecule has 1 unspecified atom stereocenters. The Bertz CT molecular complexity index is 1010. The Morgan fingerprint density at radius 3 is 2.82 bits per heavy atom. The molecule has 0 radical (unpaired) electrons. The highest BCUT2D eigenvalue weighted by Gasteiger charge is 2.75. The number of rotatable bonds is 2. The molecular formula is C22H26NO5+. The smallest absolute Gasteiger partial charge is 0.490 e. The van der Waals surface area contributed by atoms with Crippen LogP contribution in [0.3, 0.4) is 0 Å². The molecule has 1 amide bonds. The standard InChI is InChI=1S/C22H25NO5/c1-21(2,3)28-20(25)23-18-8-6-14-10-16(12-22(14,18)23)26-15-7-4-13-5-9-19(24)27-17(13)11-15/h4-5,7,9,11,14,16,18H,6,8,10,12H2,1-3H3/p+1/t14-,16-,18+,22?,23?/m0/s1. The van der Waals surface area contributed by atoms with E-state index in [1.165, 1.54) is 6.07 Å². The van der Waals surface area contributed by atoms with Crippen molar-refractivity contribution in [3.63, 3.8) is 0 Å². The fraction of sp³-hybridized carbons (Fsp3) is 0.545. The zero-order chi connectivity index (χ0) is 19.7. The number of carbonyl (C=O) groups is 1. The summed E-state index contributed by atoms with van der Waals surface area (Å²) >= 11 is 0. The first-order chi connectivity index (χ1) is 13.3. The molecule has 1 N–H and O–H groups in total. The molecule has 1 spiro atoms. The van der Waals surface area contributed by atoms with E-state index in [-0.39, 0.29) is 23.4 Å². The number of likely N-dealkylation sites (tertiary alicyclic amines) is 1. The van der Waals surface area contributed by atoms with Crippen molar-refractivity contribution in [1.82, 2.24) is 4.90 Å². The van der Waals surface area contributed by atoms with E-state index in [2.05, 4.69) is 0 Å². The van der Waals surface area contributed by atoms with E-state index >= 15 is 0 Å². The number of amides is 1. The molecule has 3 aliphatic rings. The predicted molar refractivity (Wildman–Crippen MR) is 102 cm³/mol. The van der Waals surface area contributed by atoms with Crippen LogP contribution in [0, 0.1) is 5.92 Å². The number of ether oxygens (including phenoxy) is 2. The molecule has 1 saturated heterocycles. The van der Waals surface area contributed by atoms with Crippen LogP contribution in [0.1, 0.15) is 46.5 Å². The van der Waals surface area contributed by atoms with Gasteiger partial charge in [0, 0.05) is 11.8 Å². The molecule has 6 heteroatoms. The molecule has 0 bridgehead atoms. The van der Waals surface area contributed by atoms with E-state index < -0.39 is 5.60 Å². The lowest BCUT2D eigenvalue weighted by atomic mass is 9.98. The molecule has 3 fully saturated rings. The second-order valence-electron chi connectivity index (χ2n) is 9.28. The molecule has 2 aliphatic carbocycles. The summed E-state index contributed by atoms with van der Waals surface area (Å²) in [5.74, 6) is 1.20. The quantitative estimate of drug-likeness (QED) is 0.449. The van der Waals surface area contributed by atoms with Crippen molar-refractivity contribution in [2.24, 2.45) is 5.92 Å². The van der Waals surface area contributed by atoms with Crippen LogP contribution < -0.4 is 10.4 Å². The average molecular weight is 384 g/mol. The minimum Gasteiger partial charge on any atom is -0.490 e. The average Bonchev–Trinajstić information content (AvgIpc) is 2.87. The van der Waals surface area contributed by atoms with Crippen LogP contribution in [0.15, 0.2) is 34.7 Å². The lowest BCUT2D eigenvalue weighted by Gasteiger charge is -2.23. The second kappa shape index (κ2) is 5.75. The summed E-state index contributed by atoms with van der Waals surface area (Å²) in [7, 11) is 0. The normalized spacial score (nSPS) is 30.8. The third-order valence-corrected chi connectivity index (χ3v) is 6.37. The minimum atomic E-state index is -0.477. The Hall–Kier alpha value is -2.50. The van der Waals surface area contributed by atoms with E-state index in [1.54, 1.807) is 0 Å². The van der Waals surface area contributed by atoms with E-state index in [1.807, 2.05) is 49.9 Å². The Morgan fingerprint density at radius 2 is 2.04 bits per heavy atom. The molecular weight excluding hydrogens is 358 g/mol. The Kier molecular flexibility index (Phi) is 3.61. The van der Waals surface area contributed by atoms with Crippen molar-refractivity contribution in [3.05, 3.63) is 36.0 Å². The van der Waals surface area contributed by atoms with Crippen molar-refractivity contribution in [2.45, 2.75) is 69.7 Å². The van der Waals surface area contributed by atoms with Gasteiger partial charge in [0.25, 0.3) is 5.58 Å². The first-order valence-electron chi connectivity index (χ1n) is 10.0. The predicted octanol–water partition coefficient (Wildman–Crippen LogP) is 3.75. The molecule has 1 aromatic carbocycles. The van der Waals surface area contributed by atoms with Crippen LogP contribution in [0.2, 0.25) is 0 Å². The maximum atomic E-state index is 12.6. The lowest BCUT2D eigenvalue weighted by molar-refractivity contribution is 0.0339. The molecule has 2 heterocycles. The summed E-state index contributed by atoms with van der Waals surface area (Å²) in [5, 5.41) is 0.908. The third-order valence-electron chi connectivity index (χ3n) is 6.37. The number of hydrogen-bond acceptors (Lipinski definition) is 4. The van der Waals surface area contributed by atoms with Crippen LogP contribution >= 0.6 is 0 Å². The molecule has 5 rings (SSSR count). The number of carbonyl (C=O) groups excluding carboxylic acids is 1. The molecule has 1 aromatic heterocycles. The summed E-state index contributed by atoms with van der Waals surface area (Å²) < 4.78 is 17.3. The Morgan fingerprint density at radius 1 is 1.25 bits per heavy atom. The van der Waals surface area contributed by atoms with Gasteiger partial charge in [0.05, 0.1) is 23.7 Å². The summed E-state index contributed by atoms with van der Waals surface area (Å²) in [6, 6.07) is 9.30. The summed E-state index contributed by atoms with van der Waals surface area (Å²) in [5.41, 5.74) is -0.0809. The van der Waals surface area contributed by atoms with E-state index in [0.29, 0.717) is 17.5 Å². The van der Waals surface area contributed by atoms with Gasteiger partial charge in [-0.2, -0.15) is 0 Å². The topological polar surface area (TPSA) is 73.1 Å². The maximum Gasteiger partial charge on any atom is 0.516 e. The molecule has 1 aliphatic heterocycles. The van der Waals surface area contributed by atoms with Crippen LogP contribution in [0.25, 0.3) is 11.0 Å². The number of piperidine rings is 1. The van der Waals surface area contributed by atoms with Gasteiger partial charge >= 0.3 is 11.7 Å². The highest BCUT2D eigenvalue weighted by molar-refractivity contribution is 5.77. The van der Waals surface area contributed by atoms with Gasteiger partial charge in [-0.05, 0) is 64.2 Å². The second-order valence-corrected chi connectivity index (χ2v) is 9.28. The van der Waals surface area contributed by atoms with E-state index in [0.717, 1.165) is 36.8 Å². The monoisotopic (exact) mass is 384 g/mol. The highest BCUT2D eigenvalue weighted by atomic mass is 16.6. The van der Waals surface area contributed by atoms with Gasteiger partial charge in [-0.3, -0.25) is 9.32 Å². The largest absolute Gasteiger partial charge is 0.516 e. The molecule has 28 heavy (non-hydrogen) atoms. The van der Waals surface area contributed by atoms with E-state index in [9.17, 15) is 9.59 Å².